The molecule has 3 rings (SSSR count). The zero-order valence-electron chi connectivity index (χ0n) is 17.5. The summed E-state index contributed by atoms with van der Waals surface area (Å²) in [6.45, 7) is 8.07. The number of ketones is 1. The molecule has 1 aliphatic heterocycles. The molecule has 0 aliphatic carbocycles. The van der Waals surface area contributed by atoms with E-state index in [9.17, 15) is 14.7 Å². The van der Waals surface area contributed by atoms with Gasteiger partial charge in [0.25, 0.3) is 5.91 Å². The van der Waals surface area contributed by atoms with Crippen molar-refractivity contribution in [1.82, 2.24) is 0 Å². The van der Waals surface area contributed by atoms with Crippen LogP contribution < -0.4 is 9.64 Å². The van der Waals surface area contributed by atoms with Crippen molar-refractivity contribution in [3.05, 3.63) is 71.0 Å². The predicted molar refractivity (Wildman–Crippen MR) is 113 cm³/mol. The molecule has 5 heteroatoms. The molecule has 0 spiro atoms. The van der Waals surface area contributed by atoms with E-state index in [2.05, 4.69) is 20.8 Å². The highest BCUT2D eigenvalue weighted by atomic mass is 16.5. The van der Waals surface area contributed by atoms with Crippen LogP contribution in [0.15, 0.2) is 59.9 Å². The standard InChI is InChI=1S/C24H27NO4/c1-6-19(26)20-21(15-8-7-9-18(14-15)29-5)25(23(28)22(20)27)17-12-10-16(11-13-17)24(2,3)4/h7-14,21,27H,6H2,1-5H3. The van der Waals surface area contributed by atoms with E-state index >= 15 is 0 Å². The lowest BCUT2D eigenvalue weighted by Crippen LogP contribution is -2.31. The Morgan fingerprint density at radius 3 is 2.34 bits per heavy atom. The third-order valence-electron chi connectivity index (χ3n) is 5.25. The fourth-order valence-electron chi connectivity index (χ4n) is 3.60. The number of Topliss-reactive ketones (excluding diaryl/α,β-unsaturated/α-hetero) is 1. The molecule has 0 aromatic heterocycles. The first-order valence-electron chi connectivity index (χ1n) is 9.73. The summed E-state index contributed by atoms with van der Waals surface area (Å²) < 4.78 is 5.32. The first kappa shape index (κ1) is 20.6. The Hall–Kier alpha value is -3.08. The maximum Gasteiger partial charge on any atom is 0.294 e. The zero-order valence-corrected chi connectivity index (χ0v) is 17.5. The van der Waals surface area contributed by atoms with Crippen LogP contribution in [0.3, 0.4) is 0 Å². The van der Waals surface area contributed by atoms with Gasteiger partial charge in [-0.15, -0.1) is 0 Å². The topological polar surface area (TPSA) is 66.8 Å². The van der Waals surface area contributed by atoms with Gasteiger partial charge in [-0.25, -0.2) is 0 Å². The number of anilines is 1. The molecule has 29 heavy (non-hydrogen) atoms. The highest BCUT2D eigenvalue weighted by Gasteiger charge is 2.44. The van der Waals surface area contributed by atoms with E-state index in [0.717, 1.165) is 5.56 Å². The second kappa shape index (κ2) is 7.74. The number of hydrogen-bond donors (Lipinski definition) is 1. The monoisotopic (exact) mass is 393 g/mol. The molecule has 2 aromatic carbocycles. The number of carbonyl (C=O) groups is 2. The molecule has 152 valence electrons. The number of rotatable bonds is 5. The molecule has 1 heterocycles. The number of amides is 1. The van der Waals surface area contributed by atoms with E-state index in [1.807, 2.05) is 36.4 Å². The number of hydrogen-bond acceptors (Lipinski definition) is 4. The van der Waals surface area contributed by atoms with Crippen molar-refractivity contribution in [3.63, 3.8) is 0 Å². The Morgan fingerprint density at radius 2 is 1.79 bits per heavy atom. The Balaban J connectivity index is 2.14. The number of methoxy groups -OCH3 is 1. The van der Waals surface area contributed by atoms with Crippen LogP contribution >= 0.6 is 0 Å². The van der Waals surface area contributed by atoms with E-state index in [4.69, 9.17) is 4.74 Å². The largest absolute Gasteiger partial charge is 0.503 e. The molecule has 0 fully saturated rings. The van der Waals surface area contributed by atoms with Gasteiger partial charge >= 0.3 is 0 Å². The van der Waals surface area contributed by atoms with Crippen LogP contribution in [-0.4, -0.2) is 23.9 Å². The maximum absolute atomic E-state index is 13.0. The van der Waals surface area contributed by atoms with Gasteiger partial charge in [0.15, 0.2) is 11.5 Å². The number of ether oxygens (including phenoxy) is 1. The summed E-state index contributed by atoms with van der Waals surface area (Å²) in [7, 11) is 1.56. The van der Waals surface area contributed by atoms with Crippen LogP contribution in [0.5, 0.6) is 5.75 Å². The van der Waals surface area contributed by atoms with Crippen LogP contribution in [0.2, 0.25) is 0 Å². The number of benzene rings is 2. The predicted octanol–water partition coefficient (Wildman–Crippen LogP) is 4.87. The summed E-state index contributed by atoms with van der Waals surface area (Å²) in [5.74, 6) is -0.687. The molecule has 2 aromatic rings. The molecule has 1 aliphatic rings. The van der Waals surface area contributed by atoms with Crippen molar-refractivity contribution in [3.8, 4) is 5.75 Å². The second-order valence-corrected chi connectivity index (χ2v) is 8.19. The summed E-state index contributed by atoms with van der Waals surface area (Å²) in [6, 6.07) is 14.2. The van der Waals surface area contributed by atoms with Gasteiger partial charge in [0, 0.05) is 12.1 Å². The number of aliphatic hydroxyl groups is 1. The summed E-state index contributed by atoms with van der Waals surface area (Å²) >= 11 is 0. The molecule has 1 N–H and O–H groups in total. The van der Waals surface area contributed by atoms with Gasteiger partial charge in [-0.1, -0.05) is 52.0 Å². The number of aliphatic hydroxyl groups excluding tert-OH is 1. The minimum absolute atomic E-state index is 0.0243. The first-order chi connectivity index (χ1) is 13.7. The van der Waals surface area contributed by atoms with Crippen molar-refractivity contribution < 1.29 is 19.4 Å². The smallest absolute Gasteiger partial charge is 0.294 e. The van der Waals surface area contributed by atoms with Crippen LogP contribution in [0.25, 0.3) is 0 Å². The van der Waals surface area contributed by atoms with E-state index < -0.39 is 17.7 Å². The van der Waals surface area contributed by atoms with Crippen LogP contribution in [-0.2, 0) is 15.0 Å². The average molecular weight is 393 g/mol. The molecule has 0 radical (unpaired) electrons. The fraction of sp³-hybridized carbons (Fsp3) is 0.333. The SMILES string of the molecule is CCC(=O)C1=C(O)C(=O)N(c2ccc(C(C)(C)C)cc2)C1c1cccc(OC)c1. The van der Waals surface area contributed by atoms with Gasteiger partial charge in [-0.2, -0.15) is 0 Å². The van der Waals surface area contributed by atoms with Gasteiger partial charge < -0.3 is 9.84 Å². The molecule has 0 saturated carbocycles. The van der Waals surface area contributed by atoms with Crippen molar-refractivity contribution in [2.24, 2.45) is 0 Å². The minimum atomic E-state index is -0.703. The lowest BCUT2D eigenvalue weighted by Gasteiger charge is -2.28. The Morgan fingerprint density at radius 1 is 1.14 bits per heavy atom. The molecule has 1 atom stereocenters. The number of nitrogens with zero attached hydrogens (tertiary/aromatic N) is 1. The maximum atomic E-state index is 13.0. The summed E-state index contributed by atoms with van der Waals surface area (Å²) in [5, 5.41) is 10.6. The normalized spacial score (nSPS) is 17.1. The lowest BCUT2D eigenvalue weighted by atomic mass is 9.87. The second-order valence-electron chi connectivity index (χ2n) is 8.19. The number of carbonyl (C=O) groups excluding carboxylic acids is 2. The summed E-state index contributed by atoms with van der Waals surface area (Å²) in [4.78, 5) is 27.1. The third-order valence-corrected chi connectivity index (χ3v) is 5.25. The van der Waals surface area contributed by atoms with E-state index in [-0.39, 0.29) is 23.2 Å². The van der Waals surface area contributed by atoms with Crippen molar-refractivity contribution in [1.29, 1.82) is 0 Å². The zero-order chi connectivity index (χ0) is 21.3. The summed E-state index contributed by atoms with van der Waals surface area (Å²) in [6.07, 6.45) is 0.198. The summed E-state index contributed by atoms with van der Waals surface area (Å²) in [5.41, 5.74) is 2.57. The van der Waals surface area contributed by atoms with E-state index in [0.29, 0.717) is 17.0 Å². The Labute approximate surface area is 171 Å². The fourth-order valence-corrected chi connectivity index (χ4v) is 3.60. The molecular formula is C24H27NO4. The highest BCUT2D eigenvalue weighted by molar-refractivity contribution is 6.16. The van der Waals surface area contributed by atoms with Crippen molar-refractivity contribution in [2.75, 3.05) is 12.0 Å². The van der Waals surface area contributed by atoms with Gasteiger partial charge in [-0.05, 0) is 40.8 Å². The van der Waals surface area contributed by atoms with Gasteiger partial charge in [-0.3, -0.25) is 14.5 Å². The Bertz CT molecular complexity index is 967. The van der Waals surface area contributed by atoms with E-state index in [1.54, 1.807) is 26.2 Å². The first-order valence-corrected chi connectivity index (χ1v) is 9.73. The van der Waals surface area contributed by atoms with Gasteiger partial charge in [0.2, 0.25) is 0 Å². The quantitative estimate of drug-likeness (QED) is 0.787. The van der Waals surface area contributed by atoms with E-state index in [1.165, 1.54) is 4.90 Å². The highest BCUT2D eigenvalue weighted by Crippen LogP contribution is 2.42. The third kappa shape index (κ3) is 3.77. The van der Waals surface area contributed by atoms with Gasteiger partial charge in [0.05, 0.1) is 18.7 Å². The average Bonchev–Trinajstić information content (AvgIpc) is 2.98. The van der Waals surface area contributed by atoms with Gasteiger partial charge in [0.1, 0.15) is 5.75 Å². The van der Waals surface area contributed by atoms with Crippen molar-refractivity contribution >= 4 is 17.4 Å². The Kier molecular flexibility index (Phi) is 5.51. The molecule has 0 bridgehead atoms. The molecule has 1 unspecified atom stereocenters. The van der Waals surface area contributed by atoms with Crippen LogP contribution in [0, 0.1) is 0 Å². The molecule has 0 saturated heterocycles. The molecule has 1 amide bonds. The lowest BCUT2D eigenvalue weighted by molar-refractivity contribution is -0.118. The molecular weight excluding hydrogens is 366 g/mol. The van der Waals surface area contributed by atoms with Crippen LogP contribution in [0.4, 0.5) is 5.69 Å². The van der Waals surface area contributed by atoms with Crippen LogP contribution in [0.1, 0.15) is 51.3 Å². The molecule has 5 nitrogen and oxygen atoms in total. The minimum Gasteiger partial charge on any atom is -0.503 e. The van der Waals surface area contributed by atoms with Crippen molar-refractivity contribution in [2.45, 2.75) is 45.6 Å².